The molecular formula is C32H22F3N3O3. The number of nitrogens with one attached hydrogen (secondary N) is 1. The van der Waals surface area contributed by atoms with E-state index in [2.05, 4.69) is 5.32 Å². The molecule has 0 bridgehead atoms. The van der Waals surface area contributed by atoms with Crippen LogP contribution in [0.1, 0.15) is 22.7 Å². The molecule has 41 heavy (non-hydrogen) atoms. The maximum absolute atomic E-state index is 14.1. The van der Waals surface area contributed by atoms with Crippen molar-refractivity contribution in [3.63, 3.8) is 0 Å². The predicted molar refractivity (Wildman–Crippen MR) is 147 cm³/mol. The number of halogens is 3. The third-order valence-corrected chi connectivity index (χ3v) is 8.18. The van der Waals surface area contributed by atoms with Gasteiger partial charge in [-0.15, -0.1) is 0 Å². The maximum Gasteiger partial charge on any atom is 0.416 e. The third kappa shape index (κ3) is 3.91. The van der Waals surface area contributed by atoms with Crippen LogP contribution in [0.5, 0.6) is 0 Å². The zero-order valence-corrected chi connectivity index (χ0v) is 21.4. The Morgan fingerprint density at radius 3 is 2.32 bits per heavy atom. The lowest BCUT2D eigenvalue weighted by molar-refractivity contribution is -0.137. The molecule has 2 saturated heterocycles. The van der Waals surface area contributed by atoms with Crippen LogP contribution in [0.2, 0.25) is 0 Å². The third-order valence-electron chi connectivity index (χ3n) is 8.18. The Labute approximate surface area is 232 Å². The lowest BCUT2D eigenvalue weighted by atomic mass is 9.84. The Bertz CT molecular complexity index is 1780. The molecule has 0 radical (unpaired) electrons. The van der Waals surface area contributed by atoms with Crippen LogP contribution in [0.4, 0.5) is 24.5 Å². The lowest BCUT2D eigenvalue weighted by Gasteiger charge is -2.35. The van der Waals surface area contributed by atoms with E-state index in [1.54, 1.807) is 23.2 Å². The fourth-order valence-corrected chi connectivity index (χ4v) is 6.42. The van der Waals surface area contributed by atoms with Gasteiger partial charge in [-0.2, -0.15) is 13.2 Å². The highest BCUT2D eigenvalue weighted by Gasteiger charge is 2.64. The van der Waals surface area contributed by atoms with Crippen molar-refractivity contribution >= 4 is 45.9 Å². The van der Waals surface area contributed by atoms with Gasteiger partial charge in [0.1, 0.15) is 6.04 Å². The number of carbonyl (C=O) groups is 3. The summed E-state index contributed by atoms with van der Waals surface area (Å²) in [5.41, 5.74) is 1.14. The zero-order chi connectivity index (χ0) is 28.5. The van der Waals surface area contributed by atoms with Gasteiger partial charge < -0.3 is 10.2 Å². The van der Waals surface area contributed by atoms with Crippen molar-refractivity contribution in [2.45, 2.75) is 18.3 Å². The first-order valence-electron chi connectivity index (χ1n) is 13.1. The molecule has 0 aliphatic carbocycles. The second-order valence-corrected chi connectivity index (χ2v) is 10.4. The number of alkyl halides is 3. The van der Waals surface area contributed by atoms with E-state index in [1.807, 2.05) is 60.7 Å². The van der Waals surface area contributed by atoms with E-state index in [1.165, 1.54) is 12.1 Å². The topological polar surface area (TPSA) is 69.7 Å². The van der Waals surface area contributed by atoms with Crippen LogP contribution >= 0.6 is 0 Å². The smallest absolute Gasteiger partial charge is 0.357 e. The Morgan fingerprint density at radius 1 is 0.780 bits per heavy atom. The van der Waals surface area contributed by atoms with Gasteiger partial charge in [0.25, 0.3) is 0 Å². The van der Waals surface area contributed by atoms with Gasteiger partial charge in [0.15, 0.2) is 0 Å². The summed E-state index contributed by atoms with van der Waals surface area (Å²) >= 11 is 0. The van der Waals surface area contributed by atoms with Gasteiger partial charge in [-0.3, -0.25) is 14.4 Å². The van der Waals surface area contributed by atoms with Crippen molar-refractivity contribution in [1.82, 2.24) is 4.90 Å². The number of hydrogen-bond donors (Lipinski definition) is 1. The lowest BCUT2D eigenvalue weighted by Crippen LogP contribution is -2.46. The minimum absolute atomic E-state index is 0.0469. The summed E-state index contributed by atoms with van der Waals surface area (Å²) in [5, 5.41) is 4.39. The number of rotatable bonds is 3. The van der Waals surface area contributed by atoms with E-state index >= 15 is 0 Å². The molecule has 0 unspecified atom stereocenters. The van der Waals surface area contributed by atoms with Crippen LogP contribution in [0, 0.1) is 11.8 Å². The molecule has 3 amide bonds. The van der Waals surface area contributed by atoms with E-state index in [9.17, 15) is 27.6 Å². The van der Waals surface area contributed by atoms with E-state index in [4.69, 9.17) is 0 Å². The Balaban J connectivity index is 1.30. The summed E-state index contributed by atoms with van der Waals surface area (Å²) in [7, 11) is 0. The summed E-state index contributed by atoms with van der Waals surface area (Å²) in [6, 6.07) is 23.0. The Kier molecular flexibility index (Phi) is 5.54. The molecule has 3 aliphatic rings. The summed E-state index contributed by atoms with van der Waals surface area (Å²) < 4.78 is 40.0. The summed E-state index contributed by atoms with van der Waals surface area (Å²) in [6.07, 6.45) is -1.08. The van der Waals surface area contributed by atoms with Gasteiger partial charge in [-0.25, -0.2) is 4.90 Å². The van der Waals surface area contributed by atoms with Crippen molar-refractivity contribution in [1.29, 1.82) is 0 Å². The molecule has 9 heteroatoms. The van der Waals surface area contributed by atoms with Crippen molar-refractivity contribution in [3.05, 3.63) is 114 Å². The largest absolute Gasteiger partial charge is 0.416 e. The second kappa shape index (κ2) is 9.05. The molecule has 204 valence electrons. The van der Waals surface area contributed by atoms with Crippen molar-refractivity contribution in [3.8, 4) is 0 Å². The van der Waals surface area contributed by atoms with Gasteiger partial charge >= 0.3 is 6.18 Å². The molecule has 3 heterocycles. The van der Waals surface area contributed by atoms with Gasteiger partial charge in [-0.05, 0) is 58.3 Å². The van der Waals surface area contributed by atoms with Crippen LogP contribution in [0.15, 0.2) is 97.2 Å². The van der Waals surface area contributed by atoms with E-state index in [0.717, 1.165) is 38.9 Å². The average Bonchev–Trinajstić information content (AvgIpc) is 3.44. The fourth-order valence-electron chi connectivity index (χ4n) is 6.42. The number of amides is 3. The van der Waals surface area contributed by atoms with Crippen LogP contribution < -0.4 is 10.2 Å². The summed E-state index contributed by atoms with van der Waals surface area (Å²) in [6.45, 7) is 0. The van der Waals surface area contributed by atoms with Gasteiger partial charge in [0, 0.05) is 11.9 Å². The Morgan fingerprint density at radius 2 is 1.51 bits per heavy atom. The predicted octanol–water partition coefficient (Wildman–Crippen LogP) is 6.01. The maximum atomic E-state index is 14.1. The highest BCUT2D eigenvalue weighted by Crippen LogP contribution is 2.53. The molecule has 1 N–H and O–H groups in total. The molecular weight excluding hydrogens is 531 g/mol. The monoisotopic (exact) mass is 553 g/mol. The van der Waals surface area contributed by atoms with E-state index in [0.29, 0.717) is 5.69 Å². The fraction of sp³-hybridized carbons (Fsp3) is 0.156. The first-order valence-corrected chi connectivity index (χ1v) is 13.1. The van der Waals surface area contributed by atoms with Crippen LogP contribution in [-0.4, -0.2) is 28.7 Å². The van der Waals surface area contributed by atoms with E-state index in [-0.39, 0.29) is 5.69 Å². The molecule has 6 nitrogen and oxygen atoms in total. The number of anilines is 2. The van der Waals surface area contributed by atoms with Crippen molar-refractivity contribution in [2.24, 2.45) is 11.8 Å². The number of hydrogen-bond acceptors (Lipinski definition) is 4. The number of carbonyl (C=O) groups excluding carboxylic acids is 3. The SMILES string of the molecule is O=C(Nc1cccc(C(F)(F)F)c1)[C@@H]1[C@@H]2C(=O)N(c3ccc4ccccc4c3)C(=O)[C@H]2[C@@H]2c3ccccc3C=CN12. The summed E-state index contributed by atoms with van der Waals surface area (Å²) in [5.74, 6) is -3.49. The average molecular weight is 554 g/mol. The van der Waals surface area contributed by atoms with E-state index < -0.39 is 53.4 Å². The minimum atomic E-state index is -4.59. The number of imide groups is 1. The molecule has 0 spiro atoms. The van der Waals surface area contributed by atoms with Gasteiger partial charge in [-0.1, -0.05) is 60.7 Å². The van der Waals surface area contributed by atoms with Crippen LogP contribution in [0.3, 0.4) is 0 Å². The van der Waals surface area contributed by atoms with Crippen molar-refractivity contribution in [2.75, 3.05) is 10.2 Å². The van der Waals surface area contributed by atoms with Gasteiger partial charge in [0.05, 0.1) is 29.1 Å². The number of nitrogens with zero attached hydrogens (tertiary/aromatic N) is 2. The summed E-state index contributed by atoms with van der Waals surface area (Å²) in [4.78, 5) is 44.8. The molecule has 0 saturated carbocycles. The molecule has 4 aromatic rings. The van der Waals surface area contributed by atoms with Gasteiger partial charge in [0.2, 0.25) is 17.7 Å². The first kappa shape index (κ1) is 25.1. The molecule has 7 rings (SSSR count). The molecule has 4 atom stereocenters. The molecule has 0 aromatic heterocycles. The quantitative estimate of drug-likeness (QED) is 0.316. The van der Waals surface area contributed by atoms with Crippen molar-refractivity contribution < 1.29 is 27.6 Å². The minimum Gasteiger partial charge on any atom is -0.357 e. The number of benzene rings is 4. The molecule has 2 fully saturated rings. The standard InChI is InChI=1S/C32H22F3N3O3/c33-32(34,35)21-9-5-10-22(17-21)36-29(39)28-26-25(27-24-11-4-3-7-19(24)14-15-37(27)28)30(40)38(31(26)41)23-13-12-18-6-1-2-8-20(18)16-23/h1-17,25-28H,(H,36,39)/t25-,26-,27+,28+/m1/s1. The molecule has 3 aliphatic heterocycles. The first-order chi connectivity index (χ1) is 19.7. The van der Waals surface area contributed by atoms with Crippen LogP contribution in [0.25, 0.3) is 16.8 Å². The zero-order valence-electron chi connectivity index (χ0n) is 21.4. The molecule has 4 aromatic carbocycles. The highest BCUT2D eigenvalue weighted by atomic mass is 19.4. The second-order valence-electron chi connectivity index (χ2n) is 10.4. The normalized spacial score (nSPS) is 23.0. The Hall–Kier alpha value is -4.92. The van der Waals surface area contributed by atoms with Crippen LogP contribution in [-0.2, 0) is 20.6 Å². The highest BCUT2D eigenvalue weighted by molar-refractivity contribution is 6.24. The number of fused-ring (bicyclic) bond motifs is 6.